The van der Waals surface area contributed by atoms with Gasteiger partial charge >= 0.3 is 0 Å². The second kappa shape index (κ2) is 5.32. The SMILES string of the molecule is C=C(CC(N)=O)C(=O)Nc1ccccc1Cl. The molecule has 0 atom stereocenters. The normalized spacial score (nSPS) is 9.56. The Morgan fingerprint density at radius 1 is 1.38 bits per heavy atom. The lowest BCUT2D eigenvalue weighted by Gasteiger charge is -2.07. The minimum absolute atomic E-state index is 0.104. The summed E-state index contributed by atoms with van der Waals surface area (Å²) in [4.78, 5) is 22.1. The third kappa shape index (κ3) is 3.40. The van der Waals surface area contributed by atoms with E-state index in [4.69, 9.17) is 17.3 Å². The van der Waals surface area contributed by atoms with E-state index in [1.165, 1.54) is 0 Å². The van der Waals surface area contributed by atoms with Crippen LogP contribution in [-0.2, 0) is 9.59 Å². The van der Waals surface area contributed by atoms with Gasteiger partial charge in [0.1, 0.15) is 0 Å². The maximum atomic E-state index is 11.5. The first-order chi connectivity index (χ1) is 7.50. The fourth-order valence-corrected chi connectivity index (χ4v) is 1.25. The van der Waals surface area contributed by atoms with Gasteiger partial charge in [-0.3, -0.25) is 9.59 Å². The lowest BCUT2D eigenvalue weighted by atomic mass is 10.2. The Balaban J connectivity index is 2.68. The van der Waals surface area contributed by atoms with E-state index >= 15 is 0 Å². The molecule has 0 heterocycles. The Labute approximate surface area is 98.1 Å². The van der Waals surface area contributed by atoms with E-state index in [1.807, 2.05) is 0 Å². The van der Waals surface area contributed by atoms with E-state index in [0.29, 0.717) is 10.7 Å². The van der Waals surface area contributed by atoms with Crippen molar-refractivity contribution in [2.24, 2.45) is 5.73 Å². The predicted octanol–water partition coefficient (Wildman–Crippen LogP) is 1.71. The molecule has 0 aliphatic carbocycles. The second-order valence-corrected chi connectivity index (χ2v) is 3.59. The molecule has 1 aromatic rings. The van der Waals surface area contributed by atoms with Crippen LogP contribution in [0.15, 0.2) is 36.4 Å². The number of carbonyl (C=O) groups is 2. The van der Waals surface area contributed by atoms with Gasteiger partial charge < -0.3 is 11.1 Å². The van der Waals surface area contributed by atoms with Crippen molar-refractivity contribution < 1.29 is 9.59 Å². The lowest BCUT2D eigenvalue weighted by molar-refractivity contribution is -0.119. The average Bonchev–Trinajstić information content (AvgIpc) is 2.20. The highest BCUT2D eigenvalue weighted by Gasteiger charge is 2.11. The van der Waals surface area contributed by atoms with Gasteiger partial charge in [-0.15, -0.1) is 0 Å². The highest BCUT2D eigenvalue weighted by molar-refractivity contribution is 6.33. The first-order valence-corrected chi connectivity index (χ1v) is 4.90. The zero-order chi connectivity index (χ0) is 12.1. The van der Waals surface area contributed by atoms with Crippen LogP contribution in [0, 0.1) is 0 Å². The Morgan fingerprint density at radius 3 is 2.56 bits per heavy atom. The summed E-state index contributed by atoms with van der Waals surface area (Å²) in [6.45, 7) is 3.46. The summed E-state index contributed by atoms with van der Waals surface area (Å²) >= 11 is 5.84. The first-order valence-electron chi connectivity index (χ1n) is 4.52. The van der Waals surface area contributed by atoms with Crippen molar-refractivity contribution >= 4 is 29.1 Å². The van der Waals surface area contributed by atoms with Crippen LogP contribution in [-0.4, -0.2) is 11.8 Å². The zero-order valence-corrected chi connectivity index (χ0v) is 9.25. The molecule has 0 aromatic heterocycles. The van der Waals surface area contributed by atoms with Crippen molar-refractivity contribution in [3.63, 3.8) is 0 Å². The Hall–Kier alpha value is -1.81. The summed E-state index contributed by atoms with van der Waals surface area (Å²) in [5.74, 6) is -1.06. The molecule has 0 fully saturated rings. The van der Waals surface area contributed by atoms with E-state index < -0.39 is 11.8 Å². The number of benzene rings is 1. The molecule has 0 aliphatic heterocycles. The van der Waals surface area contributed by atoms with Crippen molar-refractivity contribution in [2.75, 3.05) is 5.32 Å². The van der Waals surface area contributed by atoms with E-state index in [-0.39, 0.29) is 12.0 Å². The van der Waals surface area contributed by atoms with Crippen LogP contribution in [0.5, 0.6) is 0 Å². The van der Waals surface area contributed by atoms with Crippen LogP contribution >= 0.6 is 11.6 Å². The predicted molar refractivity (Wildman–Crippen MR) is 63.0 cm³/mol. The third-order valence-electron chi connectivity index (χ3n) is 1.83. The molecule has 0 unspecified atom stereocenters. The molecular weight excluding hydrogens is 228 g/mol. The van der Waals surface area contributed by atoms with E-state index in [0.717, 1.165) is 0 Å². The maximum Gasteiger partial charge on any atom is 0.251 e. The molecule has 2 amide bonds. The standard InChI is InChI=1S/C11H11ClN2O2/c1-7(6-10(13)15)11(16)14-9-5-3-2-4-8(9)12/h2-5H,1,6H2,(H2,13,15)(H,14,16). The highest BCUT2D eigenvalue weighted by Crippen LogP contribution is 2.20. The summed E-state index contributed by atoms with van der Waals surface area (Å²) in [5.41, 5.74) is 5.52. The molecular formula is C11H11ClN2O2. The molecule has 1 rings (SSSR count). The molecule has 0 saturated carbocycles. The number of nitrogens with two attached hydrogens (primary N) is 1. The molecule has 0 bridgehead atoms. The van der Waals surface area contributed by atoms with Gasteiger partial charge in [0.25, 0.3) is 5.91 Å². The number of primary amides is 1. The number of rotatable bonds is 4. The van der Waals surface area contributed by atoms with Gasteiger partial charge in [-0.25, -0.2) is 0 Å². The van der Waals surface area contributed by atoms with Crippen molar-refractivity contribution in [1.82, 2.24) is 0 Å². The zero-order valence-electron chi connectivity index (χ0n) is 8.50. The van der Waals surface area contributed by atoms with E-state index in [9.17, 15) is 9.59 Å². The summed E-state index contributed by atoms with van der Waals surface area (Å²) in [7, 11) is 0. The smallest absolute Gasteiger partial charge is 0.251 e. The number of amides is 2. The number of hydrogen-bond acceptors (Lipinski definition) is 2. The minimum Gasteiger partial charge on any atom is -0.369 e. The van der Waals surface area contributed by atoms with Crippen LogP contribution in [0.1, 0.15) is 6.42 Å². The van der Waals surface area contributed by atoms with Crippen LogP contribution in [0.25, 0.3) is 0 Å². The van der Waals surface area contributed by atoms with Crippen molar-refractivity contribution in [2.45, 2.75) is 6.42 Å². The van der Waals surface area contributed by atoms with Crippen molar-refractivity contribution in [1.29, 1.82) is 0 Å². The quantitative estimate of drug-likeness (QED) is 0.784. The van der Waals surface area contributed by atoms with Crippen LogP contribution < -0.4 is 11.1 Å². The van der Waals surface area contributed by atoms with Crippen LogP contribution in [0.4, 0.5) is 5.69 Å². The molecule has 84 valence electrons. The van der Waals surface area contributed by atoms with Crippen molar-refractivity contribution in [3.05, 3.63) is 41.4 Å². The van der Waals surface area contributed by atoms with Gasteiger partial charge in [-0.05, 0) is 12.1 Å². The molecule has 0 spiro atoms. The number of carbonyl (C=O) groups excluding carboxylic acids is 2. The monoisotopic (exact) mass is 238 g/mol. The molecule has 3 N–H and O–H groups in total. The summed E-state index contributed by atoms with van der Waals surface area (Å²) in [6, 6.07) is 6.78. The second-order valence-electron chi connectivity index (χ2n) is 3.18. The van der Waals surface area contributed by atoms with Gasteiger partial charge in [0.2, 0.25) is 5.91 Å². The fraction of sp³-hybridized carbons (Fsp3) is 0.0909. The molecule has 16 heavy (non-hydrogen) atoms. The van der Waals surface area contributed by atoms with Crippen LogP contribution in [0.2, 0.25) is 5.02 Å². The molecule has 1 aromatic carbocycles. The summed E-state index contributed by atoms with van der Waals surface area (Å²) in [5, 5.41) is 2.96. The van der Waals surface area contributed by atoms with E-state index in [2.05, 4.69) is 11.9 Å². The van der Waals surface area contributed by atoms with E-state index in [1.54, 1.807) is 24.3 Å². The highest BCUT2D eigenvalue weighted by atomic mass is 35.5. The average molecular weight is 239 g/mol. The summed E-state index contributed by atoms with van der Waals surface area (Å²) in [6.07, 6.45) is -0.170. The number of anilines is 1. The minimum atomic E-state index is -0.598. The molecule has 0 saturated heterocycles. The third-order valence-corrected chi connectivity index (χ3v) is 2.16. The lowest BCUT2D eigenvalue weighted by Crippen LogP contribution is -2.19. The first kappa shape index (κ1) is 12.3. The van der Waals surface area contributed by atoms with Gasteiger partial charge in [0.15, 0.2) is 0 Å². The van der Waals surface area contributed by atoms with Gasteiger partial charge in [0, 0.05) is 5.57 Å². The molecule has 0 radical (unpaired) electrons. The van der Waals surface area contributed by atoms with Gasteiger partial charge in [-0.2, -0.15) is 0 Å². The number of nitrogens with one attached hydrogen (secondary N) is 1. The van der Waals surface area contributed by atoms with Crippen LogP contribution in [0.3, 0.4) is 0 Å². The number of para-hydroxylation sites is 1. The topological polar surface area (TPSA) is 72.2 Å². The van der Waals surface area contributed by atoms with Crippen molar-refractivity contribution in [3.8, 4) is 0 Å². The molecule has 4 nitrogen and oxygen atoms in total. The van der Waals surface area contributed by atoms with Gasteiger partial charge in [0.05, 0.1) is 17.1 Å². The summed E-state index contributed by atoms with van der Waals surface area (Å²) < 4.78 is 0. The van der Waals surface area contributed by atoms with Gasteiger partial charge in [-0.1, -0.05) is 30.3 Å². The number of hydrogen-bond donors (Lipinski definition) is 2. The molecule has 0 aliphatic rings. The maximum absolute atomic E-state index is 11.5. The number of halogens is 1. The molecule has 5 heteroatoms. The Bertz CT molecular complexity index is 443. The fourth-order valence-electron chi connectivity index (χ4n) is 1.06. The largest absolute Gasteiger partial charge is 0.369 e. The Kier molecular flexibility index (Phi) is 4.08. The Morgan fingerprint density at radius 2 is 2.00 bits per heavy atom.